The fourth-order valence-electron chi connectivity index (χ4n) is 2.09. The molecule has 0 unspecified atom stereocenters. The Morgan fingerprint density at radius 2 is 1.62 bits per heavy atom. The zero-order valence-corrected chi connectivity index (χ0v) is 12.3. The predicted molar refractivity (Wildman–Crippen MR) is 83.1 cm³/mol. The van der Waals surface area contributed by atoms with Crippen LogP contribution in [0, 0.1) is 0 Å². The first-order valence-electron chi connectivity index (χ1n) is 6.73. The van der Waals surface area contributed by atoms with Gasteiger partial charge in [-0.25, -0.2) is 0 Å². The number of hydrogen-bond acceptors (Lipinski definition) is 4. The van der Waals surface area contributed by atoms with Crippen molar-refractivity contribution >= 4 is 11.5 Å². The first kappa shape index (κ1) is 14.9. The summed E-state index contributed by atoms with van der Waals surface area (Å²) in [6, 6.07) is 12.8. The first-order chi connectivity index (χ1) is 10.1. The Morgan fingerprint density at radius 3 is 2.24 bits per heavy atom. The van der Waals surface area contributed by atoms with Crippen LogP contribution in [0.3, 0.4) is 0 Å². The van der Waals surface area contributed by atoms with Gasteiger partial charge in [-0.15, -0.1) is 0 Å². The maximum absolute atomic E-state index is 12.3. The van der Waals surface area contributed by atoms with Crippen molar-refractivity contribution in [3.63, 3.8) is 0 Å². The summed E-state index contributed by atoms with van der Waals surface area (Å²) in [6.07, 6.45) is 1.07. The normalized spacial score (nSPS) is 10.2. The highest BCUT2D eigenvalue weighted by molar-refractivity contribution is 6.01. The third kappa shape index (κ3) is 3.75. The van der Waals surface area contributed by atoms with Crippen molar-refractivity contribution in [3.8, 4) is 11.5 Å². The van der Waals surface area contributed by atoms with Gasteiger partial charge in [0, 0.05) is 17.7 Å². The van der Waals surface area contributed by atoms with Gasteiger partial charge in [-0.1, -0.05) is 12.1 Å². The third-order valence-electron chi connectivity index (χ3n) is 3.36. The van der Waals surface area contributed by atoms with E-state index in [2.05, 4.69) is 0 Å². The fraction of sp³-hybridized carbons (Fsp3) is 0.235. The SMILES string of the molecule is COc1ccc(CCC(=O)c2cc(OC)ccc2N)cc1. The number of methoxy groups -OCH3 is 2. The summed E-state index contributed by atoms with van der Waals surface area (Å²) in [4.78, 5) is 12.3. The molecule has 0 aliphatic rings. The van der Waals surface area contributed by atoms with Crippen LogP contribution in [0.4, 0.5) is 5.69 Å². The molecule has 21 heavy (non-hydrogen) atoms. The lowest BCUT2D eigenvalue weighted by atomic mass is 10.0. The summed E-state index contributed by atoms with van der Waals surface area (Å²) in [5.74, 6) is 1.46. The van der Waals surface area contributed by atoms with E-state index in [-0.39, 0.29) is 5.78 Å². The monoisotopic (exact) mass is 285 g/mol. The summed E-state index contributed by atoms with van der Waals surface area (Å²) in [6.45, 7) is 0. The van der Waals surface area contributed by atoms with Crippen LogP contribution >= 0.6 is 0 Å². The number of hydrogen-bond donors (Lipinski definition) is 1. The number of aryl methyl sites for hydroxylation is 1. The number of ketones is 1. The molecule has 0 fully saturated rings. The zero-order valence-electron chi connectivity index (χ0n) is 12.3. The van der Waals surface area contributed by atoms with Crippen LogP contribution in [0.1, 0.15) is 22.3 Å². The molecule has 0 radical (unpaired) electrons. The van der Waals surface area contributed by atoms with Crippen molar-refractivity contribution in [1.29, 1.82) is 0 Å². The van der Waals surface area contributed by atoms with Crippen molar-refractivity contribution < 1.29 is 14.3 Å². The second-order valence-corrected chi connectivity index (χ2v) is 4.72. The van der Waals surface area contributed by atoms with Crippen LogP contribution < -0.4 is 15.2 Å². The van der Waals surface area contributed by atoms with E-state index in [0.717, 1.165) is 11.3 Å². The van der Waals surface area contributed by atoms with Crippen molar-refractivity contribution in [1.82, 2.24) is 0 Å². The van der Waals surface area contributed by atoms with Crippen LogP contribution in [0.5, 0.6) is 11.5 Å². The number of nitrogen functional groups attached to an aromatic ring is 1. The Kier molecular flexibility index (Phi) is 4.82. The molecule has 0 saturated heterocycles. The number of Topliss-reactive ketones (excluding diaryl/α,β-unsaturated/α-hetero) is 1. The molecule has 0 amide bonds. The summed E-state index contributed by atoms with van der Waals surface area (Å²) in [5.41, 5.74) is 7.95. The van der Waals surface area contributed by atoms with Gasteiger partial charge in [-0.3, -0.25) is 4.79 Å². The van der Waals surface area contributed by atoms with E-state index in [0.29, 0.717) is 29.8 Å². The zero-order chi connectivity index (χ0) is 15.2. The maximum atomic E-state index is 12.3. The molecular formula is C17H19NO3. The topological polar surface area (TPSA) is 61.5 Å². The standard InChI is InChI=1S/C17H19NO3/c1-20-13-6-3-12(4-7-13)5-10-17(19)15-11-14(21-2)8-9-16(15)18/h3-4,6-9,11H,5,10,18H2,1-2H3. The quantitative estimate of drug-likeness (QED) is 0.654. The number of ether oxygens (including phenoxy) is 2. The third-order valence-corrected chi connectivity index (χ3v) is 3.36. The Hall–Kier alpha value is -2.49. The summed E-state index contributed by atoms with van der Waals surface area (Å²) in [5, 5.41) is 0. The largest absolute Gasteiger partial charge is 0.497 e. The minimum atomic E-state index is 0.0159. The van der Waals surface area contributed by atoms with E-state index in [1.54, 1.807) is 32.4 Å². The molecule has 0 aliphatic heterocycles. The van der Waals surface area contributed by atoms with Gasteiger partial charge in [-0.2, -0.15) is 0 Å². The van der Waals surface area contributed by atoms with Crippen LogP contribution in [0.15, 0.2) is 42.5 Å². The van der Waals surface area contributed by atoms with Crippen LogP contribution in [0.25, 0.3) is 0 Å². The summed E-state index contributed by atoms with van der Waals surface area (Å²) < 4.78 is 10.2. The lowest BCUT2D eigenvalue weighted by Gasteiger charge is -2.08. The lowest BCUT2D eigenvalue weighted by molar-refractivity contribution is 0.0983. The van der Waals surface area contributed by atoms with Crippen molar-refractivity contribution in [3.05, 3.63) is 53.6 Å². The predicted octanol–water partition coefficient (Wildman–Crippen LogP) is 3.10. The highest BCUT2D eigenvalue weighted by Crippen LogP contribution is 2.22. The minimum absolute atomic E-state index is 0.0159. The minimum Gasteiger partial charge on any atom is -0.497 e. The number of rotatable bonds is 6. The average Bonchev–Trinajstić information content (AvgIpc) is 2.53. The van der Waals surface area contributed by atoms with E-state index in [4.69, 9.17) is 15.2 Å². The number of nitrogens with two attached hydrogens (primary N) is 1. The summed E-state index contributed by atoms with van der Waals surface area (Å²) >= 11 is 0. The fourth-order valence-corrected chi connectivity index (χ4v) is 2.09. The molecule has 110 valence electrons. The molecule has 0 bridgehead atoms. The smallest absolute Gasteiger partial charge is 0.165 e. The van der Waals surface area contributed by atoms with Gasteiger partial charge in [0.1, 0.15) is 11.5 Å². The van der Waals surface area contributed by atoms with Gasteiger partial charge in [0.25, 0.3) is 0 Å². The molecule has 0 aliphatic carbocycles. The van der Waals surface area contributed by atoms with Crippen molar-refractivity contribution in [2.24, 2.45) is 0 Å². The molecule has 2 aromatic carbocycles. The van der Waals surface area contributed by atoms with E-state index >= 15 is 0 Å². The van der Waals surface area contributed by atoms with Gasteiger partial charge >= 0.3 is 0 Å². The first-order valence-corrected chi connectivity index (χ1v) is 6.73. The van der Waals surface area contributed by atoms with Crippen LogP contribution in [-0.2, 0) is 6.42 Å². The maximum Gasteiger partial charge on any atom is 0.165 e. The van der Waals surface area contributed by atoms with Gasteiger partial charge in [0.2, 0.25) is 0 Å². The number of anilines is 1. The molecule has 4 nitrogen and oxygen atoms in total. The Morgan fingerprint density at radius 1 is 1.00 bits per heavy atom. The molecule has 0 atom stereocenters. The van der Waals surface area contributed by atoms with Crippen molar-refractivity contribution in [2.75, 3.05) is 20.0 Å². The molecule has 0 heterocycles. The van der Waals surface area contributed by atoms with Crippen molar-refractivity contribution in [2.45, 2.75) is 12.8 Å². The van der Waals surface area contributed by atoms with E-state index < -0.39 is 0 Å². The van der Waals surface area contributed by atoms with Gasteiger partial charge in [-0.05, 0) is 42.3 Å². The molecular weight excluding hydrogens is 266 g/mol. The highest BCUT2D eigenvalue weighted by atomic mass is 16.5. The lowest BCUT2D eigenvalue weighted by Crippen LogP contribution is -2.05. The molecule has 0 saturated carbocycles. The second kappa shape index (κ2) is 6.79. The molecule has 2 N–H and O–H groups in total. The Labute approximate surface area is 124 Å². The second-order valence-electron chi connectivity index (χ2n) is 4.72. The molecule has 2 rings (SSSR count). The van der Waals surface area contributed by atoms with E-state index in [1.165, 1.54) is 0 Å². The van der Waals surface area contributed by atoms with Crippen LogP contribution in [-0.4, -0.2) is 20.0 Å². The van der Waals surface area contributed by atoms with E-state index in [9.17, 15) is 4.79 Å². The Balaban J connectivity index is 2.04. The highest BCUT2D eigenvalue weighted by Gasteiger charge is 2.11. The van der Waals surface area contributed by atoms with E-state index in [1.807, 2.05) is 24.3 Å². The molecule has 0 spiro atoms. The number of carbonyl (C=O) groups excluding carboxylic acids is 1. The number of carbonyl (C=O) groups is 1. The van der Waals surface area contributed by atoms with Gasteiger partial charge < -0.3 is 15.2 Å². The molecule has 4 heteroatoms. The van der Waals surface area contributed by atoms with Gasteiger partial charge in [0.05, 0.1) is 14.2 Å². The average molecular weight is 285 g/mol. The summed E-state index contributed by atoms with van der Waals surface area (Å²) in [7, 11) is 3.20. The van der Waals surface area contributed by atoms with Crippen LogP contribution in [0.2, 0.25) is 0 Å². The molecule has 0 aromatic heterocycles. The Bertz CT molecular complexity index is 620. The molecule has 2 aromatic rings. The number of benzene rings is 2. The van der Waals surface area contributed by atoms with Gasteiger partial charge in [0.15, 0.2) is 5.78 Å².